The normalized spacial score (nSPS) is 23.1. The molecule has 0 saturated carbocycles. The van der Waals surface area contributed by atoms with Crippen LogP contribution >= 0.6 is 12.4 Å². The van der Waals surface area contributed by atoms with Gasteiger partial charge in [-0.1, -0.05) is 24.3 Å². The van der Waals surface area contributed by atoms with Gasteiger partial charge in [-0.25, -0.2) is 0 Å². The van der Waals surface area contributed by atoms with Crippen LogP contribution in [0.4, 0.5) is 0 Å². The summed E-state index contributed by atoms with van der Waals surface area (Å²) in [7, 11) is 0. The lowest BCUT2D eigenvalue weighted by molar-refractivity contribution is -0.126. The Labute approximate surface area is 151 Å². The molecule has 0 aliphatic carbocycles. The molecule has 1 aromatic rings. The van der Waals surface area contributed by atoms with Crippen LogP contribution in [-0.4, -0.2) is 38.8 Å². The topological polar surface area (TPSA) is 50.4 Å². The Morgan fingerprint density at radius 2 is 2.08 bits per heavy atom. The summed E-state index contributed by atoms with van der Waals surface area (Å²) in [6.45, 7) is 6.28. The highest BCUT2D eigenvalue weighted by Gasteiger charge is 2.36. The Balaban J connectivity index is 0.00000208. The summed E-state index contributed by atoms with van der Waals surface area (Å²) in [5, 5.41) is 6.58. The van der Waals surface area contributed by atoms with Crippen molar-refractivity contribution in [3.05, 3.63) is 35.4 Å². The zero-order valence-electron chi connectivity index (χ0n) is 14.5. The second kappa shape index (κ2) is 8.84. The Hall–Kier alpha value is -1.10. The number of nitrogens with one attached hydrogen (secondary N) is 2. The molecule has 1 atom stereocenters. The number of carbonyl (C=O) groups is 1. The third-order valence-corrected chi connectivity index (χ3v) is 5.43. The molecule has 2 fully saturated rings. The maximum Gasteiger partial charge on any atom is 0.224 e. The third-order valence-electron chi connectivity index (χ3n) is 5.43. The van der Waals surface area contributed by atoms with Crippen LogP contribution < -0.4 is 10.6 Å². The number of amides is 1. The van der Waals surface area contributed by atoms with E-state index in [1.54, 1.807) is 0 Å². The van der Waals surface area contributed by atoms with Crippen molar-refractivity contribution in [2.75, 3.05) is 32.8 Å². The third kappa shape index (κ3) is 4.29. The lowest BCUT2D eigenvalue weighted by Crippen LogP contribution is -2.48. The standard InChI is InChI=1S/C19H28N2O2.ClH/c1-15-5-2-3-7-17(15)19(8-11-23-12-9-19)14-21-18(22)16-6-4-10-20-13-16;/h2-3,5,7,16,20H,4,6,8-14H2,1H3,(H,21,22);1H. The van der Waals surface area contributed by atoms with E-state index in [1.165, 1.54) is 11.1 Å². The quantitative estimate of drug-likeness (QED) is 0.875. The van der Waals surface area contributed by atoms with Crippen LogP contribution in [0, 0.1) is 12.8 Å². The van der Waals surface area contributed by atoms with Gasteiger partial charge in [-0.15, -0.1) is 12.4 Å². The summed E-state index contributed by atoms with van der Waals surface area (Å²) in [6.07, 6.45) is 4.04. The number of aryl methyl sites for hydroxylation is 1. The van der Waals surface area contributed by atoms with Gasteiger partial charge in [0.15, 0.2) is 0 Å². The van der Waals surface area contributed by atoms with Crippen molar-refractivity contribution in [3.63, 3.8) is 0 Å². The maximum absolute atomic E-state index is 12.5. The summed E-state index contributed by atoms with van der Waals surface area (Å²) in [5.41, 5.74) is 2.69. The number of piperidine rings is 1. The van der Waals surface area contributed by atoms with Crippen molar-refractivity contribution < 1.29 is 9.53 Å². The molecule has 134 valence electrons. The van der Waals surface area contributed by atoms with E-state index < -0.39 is 0 Å². The first-order valence-corrected chi connectivity index (χ1v) is 8.84. The molecule has 2 heterocycles. The average Bonchev–Trinajstić information content (AvgIpc) is 2.61. The summed E-state index contributed by atoms with van der Waals surface area (Å²) in [6, 6.07) is 8.57. The number of benzene rings is 1. The Morgan fingerprint density at radius 3 is 2.75 bits per heavy atom. The van der Waals surface area contributed by atoms with Gasteiger partial charge in [0.2, 0.25) is 5.91 Å². The minimum Gasteiger partial charge on any atom is -0.381 e. The molecule has 0 aromatic heterocycles. The minimum atomic E-state index is 0. The molecule has 2 aliphatic heterocycles. The number of hydrogen-bond acceptors (Lipinski definition) is 3. The first kappa shape index (κ1) is 19.2. The second-order valence-electron chi connectivity index (χ2n) is 6.97. The number of carbonyl (C=O) groups excluding carboxylic acids is 1. The van der Waals surface area contributed by atoms with Gasteiger partial charge in [0.1, 0.15) is 0 Å². The van der Waals surface area contributed by atoms with E-state index >= 15 is 0 Å². The van der Waals surface area contributed by atoms with Crippen molar-refractivity contribution in [3.8, 4) is 0 Å². The zero-order chi connectivity index (χ0) is 16.1. The summed E-state index contributed by atoms with van der Waals surface area (Å²) in [4.78, 5) is 12.5. The molecule has 1 unspecified atom stereocenters. The van der Waals surface area contributed by atoms with Gasteiger partial charge >= 0.3 is 0 Å². The average molecular weight is 353 g/mol. The van der Waals surface area contributed by atoms with Crippen LogP contribution in [-0.2, 0) is 14.9 Å². The first-order chi connectivity index (χ1) is 11.2. The summed E-state index contributed by atoms with van der Waals surface area (Å²) >= 11 is 0. The Morgan fingerprint density at radius 1 is 1.33 bits per heavy atom. The fourth-order valence-electron chi connectivity index (χ4n) is 3.95. The van der Waals surface area contributed by atoms with Crippen LogP contribution in [0.1, 0.15) is 36.8 Å². The van der Waals surface area contributed by atoms with Gasteiger partial charge in [-0.05, 0) is 50.3 Å². The van der Waals surface area contributed by atoms with Crippen LogP contribution in [0.15, 0.2) is 24.3 Å². The van der Waals surface area contributed by atoms with E-state index in [-0.39, 0.29) is 29.6 Å². The highest BCUT2D eigenvalue weighted by Crippen LogP contribution is 2.36. The minimum absolute atomic E-state index is 0. The Kier molecular flexibility index (Phi) is 7.08. The predicted octanol–water partition coefficient (Wildman–Crippen LogP) is 2.58. The number of hydrogen-bond donors (Lipinski definition) is 2. The number of ether oxygens (including phenoxy) is 1. The van der Waals surface area contributed by atoms with Gasteiger partial charge in [0, 0.05) is 31.7 Å². The summed E-state index contributed by atoms with van der Waals surface area (Å²) in [5.74, 6) is 0.328. The van der Waals surface area contributed by atoms with Crippen molar-refractivity contribution in [1.29, 1.82) is 0 Å². The van der Waals surface area contributed by atoms with E-state index in [2.05, 4.69) is 41.8 Å². The molecule has 4 nitrogen and oxygen atoms in total. The first-order valence-electron chi connectivity index (χ1n) is 8.84. The maximum atomic E-state index is 12.5. The van der Waals surface area contributed by atoms with Gasteiger partial charge in [0.05, 0.1) is 5.92 Å². The van der Waals surface area contributed by atoms with E-state index in [0.29, 0.717) is 0 Å². The van der Waals surface area contributed by atoms with Gasteiger partial charge in [0.25, 0.3) is 0 Å². The van der Waals surface area contributed by atoms with Crippen LogP contribution in [0.3, 0.4) is 0 Å². The Bertz CT molecular complexity index is 538. The molecule has 2 N–H and O–H groups in total. The molecular weight excluding hydrogens is 324 g/mol. The van der Waals surface area contributed by atoms with Crippen LogP contribution in [0.5, 0.6) is 0 Å². The van der Waals surface area contributed by atoms with Crippen molar-refractivity contribution >= 4 is 18.3 Å². The van der Waals surface area contributed by atoms with E-state index in [9.17, 15) is 4.79 Å². The monoisotopic (exact) mass is 352 g/mol. The van der Waals surface area contributed by atoms with Crippen LogP contribution in [0.2, 0.25) is 0 Å². The lowest BCUT2D eigenvalue weighted by Gasteiger charge is -2.39. The fourth-order valence-corrected chi connectivity index (χ4v) is 3.95. The van der Waals surface area contributed by atoms with Crippen molar-refractivity contribution in [1.82, 2.24) is 10.6 Å². The smallest absolute Gasteiger partial charge is 0.224 e. The molecule has 2 aliphatic rings. The molecule has 1 amide bonds. The number of rotatable bonds is 4. The van der Waals surface area contributed by atoms with Crippen molar-refractivity contribution in [2.24, 2.45) is 5.92 Å². The molecular formula is C19H29ClN2O2. The van der Waals surface area contributed by atoms with Crippen LogP contribution in [0.25, 0.3) is 0 Å². The molecule has 24 heavy (non-hydrogen) atoms. The van der Waals surface area contributed by atoms with Gasteiger partial charge in [-0.2, -0.15) is 0 Å². The van der Waals surface area contributed by atoms with Gasteiger partial charge < -0.3 is 15.4 Å². The molecule has 0 bridgehead atoms. The summed E-state index contributed by atoms with van der Waals surface area (Å²) < 4.78 is 5.59. The predicted molar refractivity (Wildman–Crippen MR) is 98.8 cm³/mol. The van der Waals surface area contributed by atoms with Crippen molar-refractivity contribution in [2.45, 2.75) is 38.0 Å². The molecule has 3 rings (SSSR count). The number of halogens is 1. The lowest BCUT2D eigenvalue weighted by atomic mass is 9.72. The van der Waals surface area contributed by atoms with E-state index in [4.69, 9.17) is 4.74 Å². The molecule has 1 aromatic carbocycles. The fraction of sp³-hybridized carbons (Fsp3) is 0.632. The molecule has 0 spiro atoms. The zero-order valence-corrected chi connectivity index (χ0v) is 15.3. The highest BCUT2D eigenvalue weighted by molar-refractivity contribution is 5.85. The molecule has 2 saturated heterocycles. The highest BCUT2D eigenvalue weighted by atomic mass is 35.5. The van der Waals surface area contributed by atoms with E-state index in [0.717, 1.165) is 58.5 Å². The SMILES string of the molecule is Cc1ccccc1C1(CNC(=O)C2CCCNC2)CCOCC1.Cl. The second-order valence-corrected chi connectivity index (χ2v) is 6.97. The van der Waals surface area contributed by atoms with Gasteiger partial charge in [-0.3, -0.25) is 4.79 Å². The largest absolute Gasteiger partial charge is 0.381 e. The molecule has 5 heteroatoms. The van der Waals surface area contributed by atoms with E-state index in [1.807, 2.05) is 0 Å². The molecule has 0 radical (unpaired) electrons.